The lowest BCUT2D eigenvalue weighted by molar-refractivity contribution is -0.142. The number of nitrogens with zero attached hydrogens (tertiary/aromatic N) is 1. The number of hydrogen-bond acceptors (Lipinski definition) is 5. The smallest absolute Gasteiger partial charge is 0.408 e. The maximum Gasteiger partial charge on any atom is 0.408 e. The summed E-state index contributed by atoms with van der Waals surface area (Å²) >= 11 is 0. The normalized spacial score (nSPS) is 12.9. The second kappa shape index (κ2) is 14.6. The molecule has 0 aliphatic heterocycles. The molecule has 0 aromatic heterocycles. The van der Waals surface area contributed by atoms with Gasteiger partial charge in [-0.25, -0.2) is 4.79 Å². The van der Waals surface area contributed by atoms with Crippen molar-refractivity contribution in [2.75, 3.05) is 6.54 Å². The van der Waals surface area contributed by atoms with E-state index in [4.69, 9.17) is 4.74 Å². The minimum absolute atomic E-state index is 0.104. The average molecular weight is 540 g/mol. The molecule has 0 aliphatic rings. The van der Waals surface area contributed by atoms with Crippen LogP contribution in [0.4, 0.5) is 4.79 Å². The average Bonchev–Trinajstić information content (AvgIpc) is 2.82. The molecular formula is C31H45N3O5. The number of nitrogens with one attached hydrogen (secondary N) is 2. The molecule has 3 amide bonds. The Kier molecular flexibility index (Phi) is 11.8. The van der Waals surface area contributed by atoms with Gasteiger partial charge in [0, 0.05) is 19.0 Å². The summed E-state index contributed by atoms with van der Waals surface area (Å²) in [5.74, 6) is -0.552. The summed E-state index contributed by atoms with van der Waals surface area (Å²) in [7, 11) is 0. The zero-order valence-corrected chi connectivity index (χ0v) is 24.4. The molecule has 0 saturated carbocycles. The number of carbonyl (C=O) groups excluding carboxylic acids is 3. The Morgan fingerprint density at radius 2 is 1.67 bits per heavy atom. The highest BCUT2D eigenvalue weighted by atomic mass is 16.6. The monoisotopic (exact) mass is 539 g/mol. The molecule has 2 unspecified atom stereocenters. The van der Waals surface area contributed by atoms with Gasteiger partial charge in [-0.15, -0.1) is 0 Å². The van der Waals surface area contributed by atoms with Crippen LogP contribution in [0.5, 0.6) is 5.75 Å². The van der Waals surface area contributed by atoms with Crippen LogP contribution in [-0.2, 0) is 20.7 Å². The highest BCUT2D eigenvalue weighted by molar-refractivity contribution is 5.92. The zero-order valence-electron chi connectivity index (χ0n) is 24.4. The van der Waals surface area contributed by atoms with Crippen LogP contribution in [0.1, 0.15) is 83.5 Å². The first kappa shape index (κ1) is 31.7. The minimum Gasteiger partial charge on any atom is -0.508 e. The molecule has 8 nitrogen and oxygen atoms in total. The number of amides is 3. The van der Waals surface area contributed by atoms with Gasteiger partial charge in [-0.05, 0) is 71.2 Å². The van der Waals surface area contributed by atoms with Gasteiger partial charge in [-0.1, -0.05) is 61.7 Å². The van der Waals surface area contributed by atoms with Crippen LogP contribution >= 0.6 is 0 Å². The summed E-state index contributed by atoms with van der Waals surface area (Å²) in [5.41, 5.74) is 1.68. The molecule has 8 heteroatoms. The van der Waals surface area contributed by atoms with Gasteiger partial charge in [0.05, 0.1) is 0 Å². The van der Waals surface area contributed by atoms with Crippen LogP contribution in [-0.4, -0.2) is 52.1 Å². The van der Waals surface area contributed by atoms with E-state index in [0.717, 1.165) is 24.0 Å². The van der Waals surface area contributed by atoms with Crippen LogP contribution in [0, 0.1) is 6.92 Å². The molecule has 0 heterocycles. The number of aromatic hydroxyl groups is 1. The molecule has 2 aromatic rings. The summed E-state index contributed by atoms with van der Waals surface area (Å²) in [5, 5.41) is 15.5. The van der Waals surface area contributed by atoms with Crippen LogP contribution in [0.25, 0.3) is 0 Å². The van der Waals surface area contributed by atoms with Crippen LogP contribution in [0.15, 0.2) is 48.5 Å². The molecule has 0 spiro atoms. The lowest BCUT2D eigenvalue weighted by atomic mass is 9.98. The largest absolute Gasteiger partial charge is 0.508 e. The summed E-state index contributed by atoms with van der Waals surface area (Å²) in [6, 6.07) is 12.1. The number of aryl methyl sites for hydroxylation is 1. The number of benzene rings is 2. The Bertz CT molecular complexity index is 1090. The van der Waals surface area contributed by atoms with Crippen molar-refractivity contribution in [2.45, 2.75) is 97.9 Å². The van der Waals surface area contributed by atoms with E-state index in [1.54, 1.807) is 37.8 Å². The van der Waals surface area contributed by atoms with E-state index in [1.165, 1.54) is 12.1 Å². The van der Waals surface area contributed by atoms with E-state index in [-0.39, 0.29) is 30.0 Å². The Labute approximate surface area is 233 Å². The van der Waals surface area contributed by atoms with Crippen molar-refractivity contribution in [3.63, 3.8) is 0 Å². The van der Waals surface area contributed by atoms with E-state index in [9.17, 15) is 19.5 Å². The maximum atomic E-state index is 14.3. The quantitative estimate of drug-likeness (QED) is 0.312. The lowest BCUT2D eigenvalue weighted by Gasteiger charge is -2.35. The summed E-state index contributed by atoms with van der Waals surface area (Å²) in [6.07, 6.45) is 1.99. The van der Waals surface area contributed by atoms with Crippen LogP contribution < -0.4 is 10.6 Å². The van der Waals surface area contributed by atoms with Gasteiger partial charge in [-0.2, -0.15) is 0 Å². The third-order valence-corrected chi connectivity index (χ3v) is 6.00. The number of rotatable bonds is 12. The second-order valence-corrected chi connectivity index (χ2v) is 11.3. The van der Waals surface area contributed by atoms with Crippen molar-refractivity contribution in [3.8, 4) is 5.75 Å². The van der Waals surface area contributed by atoms with Gasteiger partial charge in [-0.3, -0.25) is 9.59 Å². The molecule has 0 saturated heterocycles. The first-order chi connectivity index (χ1) is 18.3. The van der Waals surface area contributed by atoms with Gasteiger partial charge in [0.25, 0.3) is 0 Å². The Balaban J connectivity index is 2.55. The summed E-state index contributed by atoms with van der Waals surface area (Å²) < 4.78 is 5.47. The van der Waals surface area contributed by atoms with E-state index in [1.807, 2.05) is 45.0 Å². The fourth-order valence-corrected chi connectivity index (χ4v) is 4.29. The molecule has 214 valence electrons. The van der Waals surface area contributed by atoms with Crippen LogP contribution in [0.3, 0.4) is 0 Å². The molecule has 0 radical (unpaired) electrons. The SMILES string of the molecule is CCCCCN(C(=O)C(Cc1ccc(O)cc1)NC(=O)OC(C)(C)C)C(C(=O)NC(C)C)c1cccc(C)c1. The third kappa shape index (κ3) is 10.6. The van der Waals surface area contributed by atoms with Gasteiger partial charge < -0.3 is 25.4 Å². The Morgan fingerprint density at radius 3 is 2.23 bits per heavy atom. The number of alkyl carbamates (subject to hydrolysis) is 1. The number of phenols is 1. The first-order valence-corrected chi connectivity index (χ1v) is 13.8. The van der Waals surface area contributed by atoms with Crippen molar-refractivity contribution in [1.82, 2.24) is 15.5 Å². The fraction of sp³-hybridized carbons (Fsp3) is 0.516. The number of hydrogen-bond donors (Lipinski definition) is 3. The van der Waals surface area contributed by atoms with Crippen molar-refractivity contribution in [1.29, 1.82) is 0 Å². The Hall–Kier alpha value is -3.55. The van der Waals surface area contributed by atoms with E-state index in [0.29, 0.717) is 18.5 Å². The molecule has 3 N–H and O–H groups in total. The molecule has 0 bridgehead atoms. The number of ether oxygens (including phenoxy) is 1. The second-order valence-electron chi connectivity index (χ2n) is 11.3. The molecule has 0 aliphatic carbocycles. The highest BCUT2D eigenvalue weighted by Crippen LogP contribution is 2.25. The summed E-state index contributed by atoms with van der Waals surface area (Å²) in [4.78, 5) is 42.4. The van der Waals surface area contributed by atoms with Crippen molar-refractivity contribution >= 4 is 17.9 Å². The predicted molar refractivity (Wildman–Crippen MR) is 153 cm³/mol. The molecular weight excluding hydrogens is 494 g/mol. The van der Waals surface area contributed by atoms with Crippen molar-refractivity contribution < 1.29 is 24.2 Å². The van der Waals surface area contributed by atoms with Gasteiger partial charge in [0.2, 0.25) is 11.8 Å². The van der Waals surface area contributed by atoms with Gasteiger partial charge in [0.15, 0.2) is 0 Å². The van der Waals surface area contributed by atoms with Crippen LogP contribution in [0.2, 0.25) is 0 Å². The topological polar surface area (TPSA) is 108 Å². The lowest BCUT2D eigenvalue weighted by Crippen LogP contribution is -2.54. The molecule has 2 aromatic carbocycles. The van der Waals surface area contributed by atoms with E-state index < -0.39 is 23.8 Å². The van der Waals surface area contributed by atoms with E-state index >= 15 is 0 Å². The van der Waals surface area contributed by atoms with Gasteiger partial charge >= 0.3 is 6.09 Å². The Morgan fingerprint density at radius 1 is 1.00 bits per heavy atom. The standard InChI is InChI=1S/C31H45N3O5/c1-8-9-10-18-34(27(28(36)32-21(2)3)24-13-11-12-22(4)19-24)29(37)26(33-30(38)39-31(5,6)7)20-23-14-16-25(35)17-15-23/h11-17,19,21,26-27,35H,8-10,18,20H2,1-7H3,(H,32,36)(H,33,38). The molecule has 2 atom stereocenters. The highest BCUT2D eigenvalue weighted by Gasteiger charge is 2.36. The maximum absolute atomic E-state index is 14.3. The first-order valence-electron chi connectivity index (χ1n) is 13.8. The third-order valence-electron chi connectivity index (χ3n) is 6.00. The number of phenolic OH excluding ortho intramolecular Hbond substituents is 1. The fourth-order valence-electron chi connectivity index (χ4n) is 4.29. The van der Waals surface area contributed by atoms with Gasteiger partial charge in [0.1, 0.15) is 23.4 Å². The number of unbranched alkanes of at least 4 members (excludes halogenated alkanes) is 2. The van der Waals surface area contributed by atoms with Crippen molar-refractivity contribution in [2.24, 2.45) is 0 Å². The predicted octanol–water partition coefficient (Wildman–Crippen LogP) is 5.42. The number of carbonyl (C=O) groups is 3. The zero-order chi connectivity index (χ0) is 29.2. The minimum atomic E-state index is -0.995. The molecule has 39 heavy (non-hydrogen) atoms. The van der Waals surface area contributed by atoms with Crippen molar-refractivity contribution in [3.05, 3.63) is 65.2 Å². The van der Waals surface area contributed by atoms with E-state index in [2.05, 4.69) is 17.6 Å². The molecule has 2 rings (SSSR count). The molecule has 0 fully saturated rings. The summed E-state index contributed by atoms with van der Waals surface area (Å²) in [6.45, 7) is 13.4.